The smallest absolute Gasteiger partial charge is 0.338 e. The lowest BCUT2D eigenvalue weighted by molar-refractivity contribution is -0.146. The third-order valence-electron chi connectivity index (χ3n) is 6.38. The Bertz CT molecular complexity index is 1250. The molecular weight excluding hydrogens is 487 g/mol. The number of allylic oxidation sites excluding steroid dienone is 1. The SMILES string of the molecule is CC1=C(C(=O)OC2CCCCC2)C(c2ccc(Cl)cc2)n2nc(SCc3ccccc3F)nc2N1. The van der Waals surface area contributed by atoms with Crippen LogP contribution in [0, 0.1) is 5.82 Å². The van der Waals surface area contributed by atoms with E-state index < -0.39 is 6.04 Å². The molecule has 1 atom stereocenters. The Labute approximate surface area is 212 Å². The van der Waals surface area contributed by atoms with Crippen LogP contribution in [0.1, 0.15) is 56.2 Å². The number of carbonyl (C=O) groups excluding carboxylic acids is 1. The topological polar surface area (TPSA) is 69.0 Å². The molecule has 35 heavy (non-hydrogen) atoms. The van der Waals surface area contributed by atoms with Gasteiger partial charge in [-0.05, 0) is 61.9 Å². The second-order valence-electron chi connectivity index (χ2n) is 8.83. The number of benzene rings is 2. The number of aromatic nitrogens is 3. The Morgan fingerprint density at radius 3 is 2.66 bits per heavy atom. The van der Waals surface area contributed by atoms with E-state index in [1.165, 1.54) is 24.2 Å². The van der Waals surface area contributed by atoms with Crippen molar-refractivity contribution in [3.05, 3.63) is 81.8 Å². The van der Waals surface area contributed by atoms with Gasteiger partial charge in [0.2, 0.25) is 11.1 Å². The van der Waals surface area contributed by atoms with E-state index in [0.717, 1.165) is 31.2 Å². The van der Waals surface area contributed by atoms with Crippen LogP contribution in [0.15, 0.2) is 65.0 Å². The number of rotatable bonds is 6. The van der Waals surface area contributed by atoms with Crippen molar-refractivity contribution in [2.45, 2.75) is 62.1 Å². The van der Waals surface area contributed by atoms with Gasteiger partial charge in [-0.25, -0.2) is 13.9 Å². The summed E-state index contributed by atoms with van der Waals surface area (Å²) in [5.41, 5.74) is 2.61. The molecular formula is C26H26ClFN4O2S. The Morgan fingerprint density at radius 2 is 1.91 bits per heavy atom. The molecule has 2 aliphatic rings. The molecule has 9 heteroatoms. The summed E-state index contributed by atoms with van der Waals surface area (Å²) in [6, 6.07) is 13.5. The van der Waals surface area contributed by atoms with Gasteiger partial charge in [-0.3, -0.25) is 0 Å². The maximum atomic E-state index is 14.1. The van der Waals surface area contributed by atoms with Gasteiger partial charge in [0.05, 0.1) is 5.57 Å². The van der Waals surface area contributed by atoms with E-state index in [4.69, 9.17) is 21.4 Å². The molecule has 3 aromatic rings. The summed E-state index contributed by atoms with van der Waals surface area (Å²) in [5, 5.41) is 9.02. The van der Waals surface area contributed by atoms with Gasteiger partial charge in [-0.1, -0.05) is 60.1 Å². The molecule has 0 radical (unpaired) electrons. The zero-order valence-electron chi connectivity index (χ0n) is 19.3. The molecule has 5 rings (SSSR count). The van der Waals surface area contributed by atoms with Gasteiger partial charge in [-0.15, -0.1) is 5.10 Å². The molecule has 0 saturated heterocycles. The van der Waals surface area contributed by atoms with Crippen molar-refractivity contribution < 1.29 is 13.9 Å². The van der Waals surface area contributed by atoms with Crippen LogP contribution < -0.4 is 5.32 Å². The second-order valence-corrected chi connectivity index (χ2v) is 10.2. The Balaban J connectivity index is 1.45. The van der Waals surface area contributed by atoms with Crippen LogP contribution in [-0.2, 0) is 15.3 Å². The quantitative estimate of drug-likeness (QED) is 0.299. The highest BCUT2D eigenvalue weighted by atomic mass is 35.5. The lowest BCUT2D eigenvalue weighted by Gasteiger charge is -2.30. The number of carbonyl (C=O) groups is 1. The van der Waals surface area contributed by atoms with E-state index in [1.54, 1.807) is 35.0 Å². The van der Waals surface area contributed by atoms with Crippen LogP contribution in [0.3, 0.4) is 0 Å². The predicted molar refractivity (Wildman–Crippen MR) is 135 cm³/mol. The molecule has 1 aromatic heterocycles. The number of anilines is 1. The summed E-state index contributed by atoms with van der Waals surface area (Å²) < 4.78 is 21.7. The van der Waals surface area contributed by atoms with E-state index in [1.807, 2.05) is 19.1 Å². The summed E-state index contributed by atoms with van der Waals surface area (Å²) in [5.74, 6) is 0.313. The molecule has 1 unspecified atom stereocenters. The predicted octanol–water partition coefficient (Wildman–Crippen LogP) is 6.53. The number of thioether (sulfide) groups is 1. The zero-order chi connectivity index (χ0) is 24.4. The first kappa shape index (κ1) is 23.9. The maximum Gasteiger partial charge on any atom is 0.338 e. The number of esters is 1. The Hall–Kier alpha value is -2.84. The monoisotopic (exact) mass is 512 g/mol. The number of ether oxygens (including phenoxy) is 1. The second kappa shape index (κ2) is 10.4. The molecule has 1 aliphatic heterocycles. The van der Waals surface area contributed by atoms with Crippen LogP contribution in [0.25, 0.3) is 0 Å². The lowest BCUT2D eigenvalue weighted by atomic mass is 9.95. The van der Waals surface area contributed by atoms with Crippen LogP contribution in [-0.4, -0.2) is 26.8 Å². The first-order valence-corrected chi connectivity index (χ1v) is 13.1. The van der Waals surface area contributed by atoms with Crippen molar-refractivity contribution in [1.29, 1.82) is 0 Å². The molecule has 1 aliphatic carbocycles. The van der Waals surface area contributed by atoms with Crippen molar-refractivity contribution in [2.24, 2.45) is 0 Å². The van der Waals surface area contributed by atoms with E-state index in [-0.39, 0.29) is 17.9 Å². The highest BCUT2D eigenvalue weighted by molar-refractivity contribution is 7.98. The van der Waals surface area contributed by atoms with Gasteiger partial charge >= 0.3 is 5.97 Å². The molecule has 1 saturated carbocycles. The van der Waals surface area contributed by atoms with Crippen molar-refractivity contribution in [3.63, 3.8) is 0 Å². The zero-order valence-corrected chi connectivity index (χ0v) is 20.9. The summed E-state index contributed by atoms with van der Waals surface area (Å²) in [6.45, 7) is 1.85. The minimum atomic E-state index is -0.519. The molecule has 2 heterocycles. The highest BCUT2D eigenvalue weighted by Gasteiger charge is 2.36. The Morgan fingerprint density at radius 1 is 1.17 bits per heavy atom. The van der Waals surface area contributed by atoms with Crippen molar-refractivity contribution in [1.82, 2.24) is 14.8 Å². The van der Waals surface area contributed by atoms with Gasteiger partial charge in [0.25, 0.3) is 0 Å². The minimum absolute atomic E-state index is 0.0635. The Kier molecular flexibility index (Phi) is 7.11. The third kappa shape index (κ3) is 5.23. The lowest BCUT2D eigenvalue weighted by Crippen LogP contribution is -2.32. The number of hydrogen-bond acceptors (Lipinski definition) is 6. The standard InChI is InChI=1S/C26H26ClFN4O2S/c1-16-22(24(33)34-20-8-3-2-4-9-20)23(17-11-13-19(27)14-12-17)32-25(29-16)30-26(31-32)35-15-18-7-5-6-10-21(18)28/h5-7,10-14,20,23H,2-4,8-9,15H2,1H3,(H,29,30,31). The van der Waals surface area contributed by atoms with Crippen LogP contribution in [0.4, 0.5) is 10.3 Å². The molecule has 1 fully saturated rings. The van der Waals surface area contributed by atoms with Gasteiger partial charge in [0, 0.05) is 16.5 Å². The molecule has 182 valence electrons. The largest absolute Gasteiger partial charge is 0.459 e. The van der Waals surface area contributed by atoms with Crippen molar-refractivity contribution >= 4 is 35.3 Å². The average Bonchev–Trinajstić information content (AvgIpc) is 3.26. The first-order valence-electron chi connectivity index (χ1n) is 11.8. The van der Waals surface area contributed by atoms with Gasteiger partial charge in [0.1, 0.15) is 18.0 Å². The van der Waals surface area contributed by atoms with Crippen molar-refractivity contribution in [2.75, 3.05) is 5.32 Å². The van der Waals surface area contributed by atoms with Crippen molar-refractivity contribution in [3.8, 4) is 0 Å². The molecule has 0 bridgehead atoms. The van der Waals surface area contributed by atoms with E-state index >= 15 is 0 Å². The van der Waals surface area contributed by atoms with Gasteiger partial charge in [0.15, 0.2) is 0 Å². The fourth-order valence-electron chi connectivity index (χ4n) is 4.57. The van der Waals surface area contributed by atoms with Crippen LogP contribution >= 0.6 is 23.4 Å². The fraction of sp³-hybridized carbons (Fsp3) is 0.346. The minimum Gasteiger partial charge on any atom is -0.459 e. The molecule has 2 aromatic carbocycles. The number of hydrogen-bond donors (Lipinski definition) is 1. The normalized spacial score (nSPS) is 18.2. The maximum absolute atomic E-state index is 14.1. The molecule has 0 amide bonds. The molecule has 6 nitrogen and oxygen atoms in total. The fourth-order valence-corrected chi connectivity index (χ4v) is 5.51. The summed E-state index contributed by atoms with van der Waals surface area (Å²) in [4.78, 5) is 18.1. The summed E-state index contributed by atoms with van der Waals surface area (Å²) in [7, 11) is 0. The average molecular weight is 513 g/mol. The van der Waals surface area contributed by atoms with E-state index in [0.29, 0.717) is 38.7 Å². The van der Waals surface area contributed by atoms with E-state index in [2.05, 4.69) is 10.3 Å². The summed E-state index contributed by atoms with van der Waals surface area (Å²) in [6.07, 6.45) is 5.05. The number of fused-ring (bicyclic) bond motifs is 1. The first-order chi connectivity index (χ1) is 17.0. The van der Waals surface area contributed by atoms with E-state index in [9.17, 15) is 9.18 Å². The number of nitrogens with one attached hydrogen (secondary N) is 1. The van der Waals surface area contributed by atoms with Crippen LogP contribution in [0.2, 0.25) is 5.02 Å². The highest BCUT2D eigenvalue weighted by Crippen LogP contribution is 2.38. The molecule has 0 spiro atoms. The van der Waals surface area contributed by atoms with Gasteiger partial charge < -0.3 is 10.1 Å². The third-order valence-corrected chi connectivity index (χ3v) is 7.52. The number of nitrogens with zero attached hydrogens (tertiary/aromatic N) is 3. The summed E-state index contributed by atoms with van der Waals surface area (Å²) >= 11 is 7.48. The molecule has 1 N–H and O–H groups in total. The van der Waals surface area contributed by atoms with Crippen LogP contribution in [0.5, 0.6) is 0 Å². The van der Waals surface area contributed by atoms with Gasteiger partial charge in [-0.2, -0.15) is 4.98 Å². The number of halogens is 2.